The van der Waals surface area contributed by atoms with Gasteiger partial charge >= 0.3 is 0 Å². The van der Waals surface area contributed by atoms with E-state index in [0.29, 0.717) is 16.8 Å². The summed E-state index contributed by atoms with van der Waals surface area (Å²) >= 11 is 1.67. The zero-order valence-electron chi connectivity index (χ0n) is 17.7. The second-order valence-electron chi connectivity index (χ2n) is 8.59. The second kappa shape index (κ2) is 9.92. The van der Waals surface area contributed by atoms with Gasteiger partial charge in [0, 0.05) is 12.4 Å². The maximum atomic E-state index is 14.7. The fourth-order valence-electron chi connectivity index (χ4n) is 4.54. The van der Waals surface area contributed by atoms with Gasteiger partial charge in [-0.3, -0.25) is 9.79 Å². The van der Waals surface area contributed by atoms with Crippen molar-refractivity contribution in [2.24, 2.45) is 4.99 Å². The minimum Gasteiger partial charge on any atom is -0.393 e. The molecule has 1 atom stereocenters. The molecule has 6 nitrogen and oxygen atoms in total. The summed E-state index contributed by atoms with van der Waals surface area (Å²) in [6.45, 7) is 0. The van der Waals surface area contributed by atoms with Crippen LogP contribution < -0.4 is 16.1 Å². The molecule has 0 aromatic carbocycles. The first kappa shape index (κ1) is 22.6. The van der Waals surface area contributed by atoms with Gasteiger partial charge < -0.3 is 14.8 Å². The molecule has 2 N–H and O–H groups in total. The molecule has 3 aliphatic carbocycles. The van der Waals surface area contributed by atoms with E-state index in [4.69, 9.17) is 4.74 Å². The normalized spacial score (nSPS) is 32.6. The highest BCUT2D eigenvalue weighted by Gasteiger charge is 2.28. The number of thioether (sulfide) groups is 1. The summed E-state index contributed by atoms with van der Waals surface area (Å²) in [7, 11) is 1.68. The van der Waals surface area contributed by atoms with Crippen molar-refractivity contribution in [2.75, 3.05) is 7.11 Å². The molecule has 1 aromatic rings. The standard InChI is InChI=1S/C22H29F2N3O3S/c1-30-14-6-2-12(3-7-14)25-17-10-16-19(21(24)20(17)23)22(29)27-18(26-16)11-31-15-8-4-13(28)5-9-15/h10,12-15,20,28H,2-9,11H2,1H3,(H,26,27,29). The Bertz CT molecular complexity index is 996. The number of methoxy groups -OCH3 is 1. The van der Waals surface area contributed by atoms with Crippen LogP contribution in [0, 0.1) is 0 Å². The van der Waals surface area contributed by atoms with E-state index in [-0.39, 0.29) is 34.5 Å². The predicted octanol–water partition coefficient (Wildman–Crippen LogP) is 1.92. The number of aliphatic hydroxyl groups excluding tert-OH is 1. The molecule has 4 rings (SSSR count). The molecule has 2 fully saturated rings. The van der Waals surface area contributed by atoms with Gasteiger partial charge in [0.2, 0.25) is 0 Å². The fraction of sp³-hybridized carbons (Fsp3) is 0.682. The third-order valence-electron chi connectivity index (χ3n) is 6.41. The van der Waals surface area contributed by atoms with Gasteiger partial charge in [0.25, 0.3) is 5.56 Å². The Morgan fingerprint density at radius 1 is 1.23 bits per heavy atom. The van der Waals surface area contributed by atoms with E-state index in [2.05, 4.69) is 15.0 Å². The maximum Gasteiger partial charge on any atom is 0.261 e. The van der Waals surface area contributed by atoms with Gasteiger partial charge in [-0.15, -0.1) is 0 Å². The van der Waals surface area contributed by atoms with E-state index in [1.807, 2.05) is 0 Å². The number of nitrogens with zero attached hydrogens (tertiary/aromatic N) is 2. The predicted molar refractivity (Wildman–Crippen MR) is 118 cm³/mol. The van der Waals surface area contributed by atoms with Crippen molar-refractivity contribution < 1.29 is 18.6 Å². The molecule has 31 heavy (non-hydrogen) atoms. The van der Waals surface area contributed by atoms with Gasteiger partial charge in [-0.05, 0) is 57.4 Å². The number of aromatic nitrogens is 2. The molecule has 0 amide bonds. The Balaban J connectivity index is 1.55. The van der Waals surface area contributed by atoms with Gasteiger partial charge in [0.05, 0.1) is 35.1 Å². The van der Waals surface area contributed by atoms with Crippen LogP contribution >= 0.6 is 11.8 Å². The third-order valence-corrected chi connectivity index (χ3v) is 7.79. The van der Waals surface area contributed by atoms with E-state index in [1.54, 1.807) is 18.9 Å². The van der Waals surface area contributed by atoms with Crippen LogP contribution in [-0.2, 0) is 10.5 Å². The van der Waals surface area contributed by atoms with Gasteiger partial charge in [0.1, 0.15) is 11.0 Å². The van der Waals surface area contributed by atoms with E-state index in [9.17, 15) is 18.7 Å². The Morgan fingerprint density at radius 3 is 2.61 bits per heavy atom. The molecular weight excluding hydrogens is 424 g/mol. The van der Waals surface area contributed by atoms with E-state index >= 15 is 0 Å². The van der Waals surface area contributed by atoms with Crippen LogP contribution in [0.3, 0.4) is 0 Å². The highest BCUT2D eigenvalue weighted by molar-refractivity contribution is 7.99. The summed E-state index contributed by atoms with van der Waals surface area (Å²) in [4.78, 5) is 24.0. The van der Waals surface area contributed by atoms with Crippen molar-refractivity contribution in [3.05, 3.63) is 26.7 Å². The number of ether oxygens (including phenoxy) is 1. The van der Waals surface area contributed by atoms with Crippen LogP contribution in [0.15, 0.2) is 9.79 Å². The minimum absolute atomic E-state index is 0.00355. The lowest BCUT2D eigenvalue weighted by atomic mass is 9.93. The number of hydrogen-bond acceptors (Lipinski definition) is 6. The van der Waals surface area contributed by atoms with Crippen molar-refractivity contribution in [1.82, 2.24) is 9.97 Å². The van der Waals surface area contributed by atoms with E-state index in [0.717, 1.165) is 51.4 Å². The van der Waals surface area contributed by atoms with Crippen LogP contribution in [0.5, 0.6) is 0 Å². The second-order valence-corrected chi connectivity index (χ2v) is 9.88. The third kappa shape index (κ3) is 5.26. The molecule has 0 bridgehead atoms. The smallest absolute Gasteiger partial charge is 0.261 e. The molecule has 0 aliphatic heterocycles. The fourth-order valence-corrected chi connectivity index (χ4v) is 5.68. The summed E-state index contributed by atoms with van der Waals surface area (Å²) in [5, 5.41) is 9.85. The molecule has 1 heterocycles. The summed E-state index contributed by atoms with van der Waals surface area (Å²) in [5.41, 5.74) is -0.653. The van der Waals surface area contributed by atoms with Crippen molar-refractivity contribution in [3.63, 3.8) is 0 Å². The molecule has 170 valence electrons. The number of aliphatic hydroxyl groups is 1. The Hall–Kier alpha value is -1.58. The Morgan fingerprint density at radius 2 is 1.94 bits per heavy atom. The highest BCUT2D eigenvalue weighted by Crippen LogP contribution is 2.30. The lowest BCUT2D eigenvalue weighted by Gasteiger charge is -2.26. The maximum absolute atomic E-state index is 14.7. The Labute approximate surface area is 183 Å². The molecule has 9 heteroatoms. The van der Waals surface area contributed by atoms with Gasteiger partial charge in [-0.2, -0.15) is 11.8 Å². The number of alkyl halides is 1. The van der Waals surface area contributed by atoms with Crippen molar-refractivity contribution in [1.29, 1.82) is 0 Å². The number of aliphatic imine (C=N–C) groups is 1. The average Bonchev–Trinajstić information content (AvgIpc) is 2.77. The number of rotatable bonds is 5. The van der Waals surface area contributed by atoms with E-state index < -0.39 is 17.6 Å². The number of halogens is 2. The van der Waals surface area contributed by atoms with Gasteiger partial charge in [-0.25, -0.2) is 13.8 Å². The monoisotopic (exact) mass is 453 g/mol. The molecular formula is C22H29F2N3O3S. The van der Waals surface area contributed by atoms with Crippen LogP contribution in [0.2, 0.25) is 0 Å². The number of H-pyrrole nitrogens is 1. The molecule has 2 saturated carbocycles. The lowest BCUT2D eigenvalue weighted by molar-refractivity contribution is 0.0666. The molecule has 3 aliphatic rings. The number of hydrogen-bond donors (Lipinski definition) is 2. The minimum atomic E-state index is -2.04. The summed E-state index contributed by atoms with van der Waals surface area (Å²) in [5.74, 6) is -0.192. The number of fused-ring (bicyclic) bond motifs is 1. The molecule has 0 saturated heterocycles. The summed E-state index contributed by atoms with van der Waals surface area (Å²) in [6.07, 6.45) is 5.97. The SMILES string of the molecule is COC1CCC(N=C2C=c3nc(CSC4CCC(O)CC4)[nH]c(=O)c3=C(F)C2F)CC1. The van der Waals surface area contributed by atoms with Crippen LogP contribution in [0.4, 0.5) is 8.78 Å². The van der Waals surface area contributed by atoms with E-state index in [1.165, 1.54) is 6.08 Å². The number of nitrogens with one attached hydrogen (secondary N) is 1. The molecule has 1 aromatic heterocycles. The summed E-state index contributed by atoms with van der Waals surface area (Å²) < 4.78 is 34.8. The van der Waals surface area contributed by atoms with Crippen LogP contribution in [0.25, 0.3) is 11.9 Å². The zero-order valence-corrected chi connectivity index (χ0v) is 18.5. The molecule has 0 radical (unpaired) electrons. The van der Waals surface area contributed by atoms with Crippen LogP contribution in [-0.4, -0.2) is 57.6 Å². The molecule has 0 spiro atoms. The van der Waals surface area contributed by atoms with Crippen molar-refractivity contribution in [2.45, 2.75) is 86.8 Å². The number of aromatic amines is 1. The first-order chi connectivity index (χ1) is 14.9. The van der Waals surface area contributed by atoms with Crippen molar-refractivity contribution >= 4 is 29.4 Å². The summed E-state index contributed by atoms with van der Waals surface area (Å²) in [6, 6.07) is -0.0797. The average molecular weight is 454 g/mol. The zero-order chi connectivity index (χ0) is 22.0. The van der Waals surface area contributed by atoms with Crippen molar-refractivity contribution in [3.8, 4) is 0 Å². The topological polar surface area (TPSA) is 87.6 Å². The first-order valence-electron chi connectivity index (χ1n) is 11.0. The highest BCUT2D eigenvalue weighted by atomic mass is 32.2. The molecule has 1 unspecified atom stereocenters. The van der Waals surface area contributed by atoms with Gasteiger partial charge in [0.15, 0.2) is 12.0 Å². The quantitative estimate of drug-likeness (QED) is 0.711. The largest absolute Gasteiger partial charge is 0.393 e. The van der Waals surface area contributed by atoms with Crippen LogP contribution in [0.1, 0.15) is 57.2 Å². The lowest BCUT2D eigenvalue weighted by Crippen LogP contribution is -2.50. The van der Waals surface area contributed by atoms with Gasteiger partial charge in [-0.1, -0.05) is 0 Å². The first-order valence-corrected chi connectivity index (χ1v) is 12.0. The Kier molecular flexibility index (Phi) is 7.23.